The van der Waals surface area contributed by atoms with E-state index in [4.69, 9.17) is 0 Å². The summed E-state index contributed by atoms with van der Waals surface area (Å²) in [6, 6.07) is 43.7. The largest absolute Gasteiger partial charge is 0.309 e. The van der Waals surface area contributed by atoms with Gasteiger partial charge in [0.15, 0.2) is 0 Å². The molecule has 0 saturated carbocycles. The lowest BCUT2D eigenvalue weighted by Crippen LogP contribution is -2.40. The molecule has 0 unspecified atom stereocenters. The summed E-state index contributed by atoms with van der Waals surface area (Å²) < 4.78 is 4.84. The number of fused-ring (bicyclic) bond motifs is 6. The Kier molecular flexibility index (Phi) is 4.92. The summed E-state index contributed by atoms with van der Waals surface area (Å²) in [7, 11) is -1.44. The second-order valence-electron chi connectivity index (χ2n) is 10.7. The molecule has 2 nitrogen and oxygen atoms in total. The zero-order chi connectivity index (χ0) is 25.1. The first-order chi connectivity index (χ1) is 18.1. The minimum absolute atomic E-state index is 1.18. The molecule has 0 fully saturated rings. The Morgan fingerprint density at radius 2 is 0.946 bits per heavy atom. The molecule has 5 aromatic carbocycles. The highest BCUT2D eigenvalue weighted by atomic mass is 28.3. The van der Waals surface area contributed by atoms with E-state index < -0.39 is 8.07 Å². The summed E-state index contributed by atoms with van der Waals surface area (Å²) in [6.45, 7) is 7.28. The third-order valence-electron chi connectivity index (χ3n) is 8.26. The quantitative estimate of drug-likeness (QED) is 0.216. The van der Waals surface area contributed by atoms with Gasteiger partial charge < -0.3 is 9.13 Å². The van der Waals surface area contributed by atoms with Crippen molar-refractivity contribution in [3.8, 4) is 11.4 Å². The van der Waals surface area contributed by atoms with Crippen LogP contribution in [-0.2, 0) is 0 Å². The molecular weight excluding hydrogens is 464 g/mol. The summed E-state index contributed by atoms with van der Waals surface area (Å²) in [5, 5.41) is 6.78. The number of rotatable bonds is 4. The molecule has 7 aromatic rings. The number of para-hydroxylation sites is 3. The highest BCUT2D eigenvalue weighted by molar-refractivity contribution is 6.89. The van der Waals surface area contributed by atoms with Gasteiger partial charge in [-0.05, 0) is 42.5 Å². The second-order valence-corrected chi connectivity index (χ2v) is 15.8. The van der Waals surface area contributed by atoms with Crippen molar-refractivity contribution >= 4 is 56.9 Å². The van der Waals surface area contributed by atoms with Crippen molar-refractivity contribution in [1.82, 2.24) is 9.13 Å². The van der Waals surface area contributed by atoms with Crippen molar-refractivity contribution in [3.05, 3.63) is 115 Å². The first kappa shape index (κ1) is 22.1. The van der Waals surface area contributed by atoms with E-state index in [0.29, 0.717) is 0 Å². The molecule has 0 radical (unpaired) electrons. The monoisotopic (exact) mass is 494 g/mol. The molecule has 2 aromatic heterocycles. The molecule has 0 aliphatic heterocycles. The van der Waals surface area contributed by atoms with Gasteiger partial charge in [-0.2, -0.15) is 0 Å². The van der Waals surface area contributed by atoms with Crippen LogP contribution in [0.2, 0.25) is 19.1 Å². The number of hydrogen-bond donors (Lipinski definition) is 0. The van der Waals surface area contributed by atoms with Crippen LogP contribution in [0, 0.1) is 0 Å². The van der Waals surface area contributed by atoms with Gasteiger partial charge in [0.2, 0.25) is 0 Å². The average Bonchev–Trinajstić information content (AvgIpc) is 3.46. The van der Waals surface area contributed by atoms with Crippen LogP contribution in [0.15, 0.2) is 115 Å². The van der Waals surface area contributed by atoms with Crippen LogP contribution in [0.5, 0.6) is 0 Å². The zero-order valence-electron chi connectivity index (χ0n) is 21.6. The Labute approximate surface area is 218 Å². The van der Waals surface area contributed by atoms with Gasteiger partial charge >= 0.3 is 0 Å². The van der Waals surface area contributed by atoms with Crippen molar-refractivity contribution in [3.63, 3.8) is 0 Å². The summed E-state index contributed by atoms with van der Waals surface area (Å²) in [5.74, 6) is 0. The fourth-order valence-corrected chi connectivity index (χ4v) is 7.33. The summed E-state index contributed by atoms with van der Waals surface area (Å²) in [5.41, 5.74) is 7.36. The molecule has 0 atom stereocenters. The van der Waals surface area contributed by atoms with E-state index in [1.165, 1.54) is 66.2 Å². The van der Waals surface area contributed by atoms with E-state index in [1.54, 1.807) is 0 Å². The van der Waals surface area contributed by atoms with Crippen LogP contribution in [0.4, 0.5) is 0 Å². The summed E-state index contributed by atoms with van der Waals surface area (Å²) >= 11 is 0. The molecule has 37 heavy (non-hydrogen) atoms. The third-order valence-corrected chi connectivity index (χ3v) is 11.9. The van der Waals surface area contributed by atoms with E-state index in [9.17, 15) is 0 Å². The van der Waals surface area contributed by atoms with Crippen LogP contribution in [0.3, 0.4) is 0 Å². The molecule has 0 spiro atoms. The molecule has 180 valence electrons. The van der Waals surface area contributed by atoms with E-state index in [2.05, 4.69) is 144 Å². The first-order valence-corrected chi connectivity index (χ1v) is 16.4. The lowest BCUT2D eigenvalue weighted by Gasteiger charge is -2.21. The molecule has 0 aliphatic rings. The van der Waals surface area contributed by atoms with E-state index in [0.717, 1.165) is 0 Å². The lowest BCUT2D eigenvalue weighted by atomic mass is 10.1. The Morgan fingerprint density at radius 3 is 1.46 bits per heavy atom. The van der Waals surface area contributed by atoms with E-state index in [-0.39, 0.29) is 0 Å². The predicted molar refractivity (Wildman–Crippen MR) is 163 cm³/mol. The molecular formula is C34H30N2Si. The minimum Gasteiger partial charge on any atom is -0.309 e. The molecule has 2 heterocycles. The van der Waals surface area contributed by atoms with Crippen LogP contribution < -0.4 is 5.19 Å². The second kappa shape index (κ2) is 8.22. The van der Waals surface area contributed by atoms with Gasteiger partial charge in [0.05, 0.1) is 30.1 Å². The smallest absolute Gasteiger partial charge is 0.0803 e. The van der Waals surface area contributed by atoms with Crippen molar-refractivity contribution < 1.29 is 0 Å². The summed E-state index contributed by atoms with van der Waals surface area (Å²) in [4.78, 5) is 0. The maximum absolute atomic E-state index is 2.47. The molecule has 7 rings (SSSR count). The molecule has 0 amide bonds. The Morgan fingerprint density at radius 1 is 0.486 bits per heavy atom. The van der Waals surface area contributed by atoms with Gasteiger partial charge in [-0.3, -0.25) is 0 Å². The highest BCUT2D eigenvalue weighted by Gasteiger charge is 2.22. The van der Waals surface area contributed by atoms with Gasteiger partial charge in [-0.15, -0.1) is 0 Å². The van der Waals surface area contributed by atoms with Crippen molar-refractivity contribution in [2.75, 3.05) is 0 Å². The van der Waals surface area contributed by atoms with Crippen LogP contribution in [-0.4, -0.2) is 17.2 Å². The van der Waals surface area contributed by atoms with Crippen molar-refractivity contribution in [1.29, 1.82) is 0 Å². The Hall–Kier alpha value is -4.08. The highest BCUT2D eigenvalue weighted by Crippen LogP contribution is 2.35. The normalized spacial score (nSPS) is 12.3. The fourth-order valence-electron chi connectivity index (χ4n) is 5.85. The van der Waals surface area contributed by atoms with Crippen LogP contribution >= 0.6 is 0 Å². The third kappa shape index (κ3) is 3.31. The predicted octanol–water partition coefficient (Wildman–Crippen LogP) is 8.82. The van der Waals surface area contributed by atoms with E-state index in [1.807, 2.05) is 0 Å². The summed E-state index contributed by atoms with van der Waals surface area (Å²) in [6.07, 6.45) is 0. The number of aromatic nitrogens is 2. The number of hydrogen-bond acceptors (Lipinski definition) is 0. The van der Waals surface area contributed by atoms with Crippen molar-refractivity contribution in [2.24, 2.45) is 0 Å². The SMILES string of the molecule is CC[Si](C)(C)c1ccc2c(c1)c1ccccc1n2-c1cccc(-n2c3ccccc3c3ccccc32)c1. The molecule has 3 heteroatoms. The molecule has 0 bridgehead atoms. The number of benzene rings is 5. The standard InChI is InChI=1S/C34H30N2Si/c1-4-37(2,3)26-20-21-34-30(23-26)29-16-7-10-19-33(29)36(34)25-13-11-12-24(22-25)35-31-17-8-5-14-27(31)28-15-6-9-18-32(28)35/h5-23H,4H2,1-3H3. The fraction of sp³-hybridized carbons (Fsp3) is 0.118. The molecule has 0 N–H and O–H groups in total. The van der Waals surface area contributed by atoms with Crippen molar-refractivity contribution in [2.45, 2.75) is 26.1 Å². The average molecular weight is 495 g/mol. The van der Waals surface area contributed by atoms with E-state index >= 15 is 0 Å². The molecule has 0 saturated heterocycles. The zero-order valence-corrected chi connectivity index (χ0v) is 22.6. The lowest BCUT2D eigenvalue weighted by molar-refractivity contribution is 1.13. The minimum atomic E-state index is -1.44. The maximum Gasteiger partial charge on any atom is 0.0803 e. The Balaban J connectivity index is 1.50. The first-order valence-electron chi connectivity index (χ1n) is 13.2. The van der Waals surface area contributed by atoms with Crippen LogP contribution in [0.25, 0.3) is 55.0 Å². The van der Waals surface area contributed by atoms with Gasteiger partial charge in [0.1, 0.15) is 0 Å². The van der Waals surface area contributed by atoms with Gasteiger partial charge in [-0.25, -0.2) is 0 Å². The molecule has 0 aliphatic carbocycles. The number of nitrogens with zero attached hydrogens (tertiary/aromatic N) is 2. The maximum atomic E-state index is 2.47. The van der Waals surface area contributed by atoms with Gasteiger partial charge in [-0.1, -0.05) is 104 Å². The van der Waals surface area contributed by atoms with Gasteiger partial charge in [0.25, 0.3) is 0 Å². The van der Waals surface area contributed by atoms with Gasteiger partial charge in [0, 0.05) is 32.9 Å². The van der Waals surface area contributed by atoms with Crippen LogP contribution in [0.1, 0.15) is 6.92 Å². The topological polar surface area (TPSA) is 9.86 Å². The Bertz CT molecular complexity index is 1900.